The number of likely N-dealkylation sites (tertiary alicyclic amines) is 1. The van der Waals surface area contributed by atoms with Gasteiger partial charge in [0.25, 0.3) is 0 Å². The average molecular weight is 319 g/mol. The van der Waals surface area contributed by atoms with E-state index in [2.05, 4.69) is 32.0 Å². The molecule has 2 aliphatic rings. The normalized spacial score (nSPS) is 20.7. The van der Waals surface area contributed by atoms with Gasteiger partial charge in [-0.15, -0.1) is 0 Å². The topological polar surface area (TPSA) is 53.5 Å². The van der Waals surface area contributed by atoms with Crippen molar-refractivity contribution in [1.29, 1.82) is 0 Å². The summed E-state index contributed by atoms with van der Waals surface area (Å²) in [6, 6.07) is 1.97. The first-order chi connectivity index (χ1) is 11.3. The van der Waals surface area contributed by atoms with Crippen molar-refractivity contribution in [2.45, 2.75) is 26.2 Å². The van der Waals surface area contributed by atoms with E-state index in [9.17, 15) is 0 Å². The lowest BCUT2D eigenvalue weighted by Crippen LogP contribution is -2.37. The summed E-state index contributed by atoms with van der Waals surface area (Å²) in [5.74, 6) is 2.51. The zero-order chi connectivity index (χ0) is 15.9. The van der Waals surface area contributed by atoms with Crippen molar-refractivity contribution in [3.8, 4) is 0 Å². The quantitative estimate of drug-likeness (QED) is 0.863. The number of nitrogens with zero attached hydrogens (tertiary/aromatic N) is 4. The van der Waals surface area contributed by atoms with Crippen LogP contribution < -0.4 is 10.2 Å². The van der Waals surface area contributed by atoms with Crippen LogP contribution in [0.1, 0.15) is 26.2 Å². The highest BCUT2D eigenvalue weighted by Gasteiger charge is 2.19. The van der Waals surface area contributed by atoms with Gasteiger partial charge in [-0.05, 0) is 50.9 Å². The standard InChI is InChI=1S/C17H29N5O/c1-2-7-21-8-4-15(5-9-21)14-19-16-3-6-18-17(20-16)22-10-12-23-13-11-22/h3,6,15H,2,4-5,7-14H2,1H3,(H,18,19,20). The molecule has 0 aliphatic carbocycles. The minimum Gasteiger partial charge on any atom is -0.378 e. The number of piperidine rings is 1. The first-order valence-electron chi connectivity index (χ1n) is 8.97. The Morgan fingerprint density at radius 1 is 1.22 bits per heavy atom. The van der Waals surface area contributed by atoms with Gasteiger partial charge in [0, 0.05) is 25.8 Å². The van der Waals surface area contributed by atoms with Gasteiger partial charge in [-0.2, -0.15) is 4.98 Å². The fourth-order valence-electron chi connectivity index (χ4n) is 3.34. The summed E-state index contributed by atoms with van der Waals surface area (Å²) in [5.41, 5.74) is 0. The maximum atomic E-state index is 5.39. The Kier molecular flexibility index (Phi) is 6.05. The third-order valence-corrected chi connectivity index (χ3v) is 4.76. The predicted molar refractivity (Wildman–Crippen MR) is 93.0 cm³/mol. The summed E-state index contributed by atoms with van der Waals surface area (Å²) < 4.78 is 5.39. The maximum Gasteiger partial charge on any atom is 0.227 e. The van der Waals surface area contributed by atoms with E-state index in [-0.39, 0.29) is 0 Å². The molecule has 3 heterocycles. The van der Waals surface area contributed by atoms with Crippen molar-refractivity contribution in [1.82, 2.24) is 14.9 Å². The highest BCUT2D eigenvalue weighted by Crippen LogP contribution is 2.18. The number of hydrogen-bond acceptors (Lipinski definition) is 6. The van der Waals surface area contributed by atoms with E-state index in [1.54, 1.807) is 0 Å². The second-order valence-electron chi connectivity index (χ2n) is 6.51. The number of ether oxygens (including phenoxy) is 1. The first kappa shape index (κ1) is 16.5. The summed E-state index contributed by atoms with van der Waals surface area (Å²) >= 11 is 0. The molecule has 0 unspecified atom stereocenters. The molecule has 1 N–H and O–H groups in total. The third-order valence-electron chi connectivity index (χ3n) is 4.76. The molecule has 0 saturated carbocycles. The molecule has 128 valence electrons. The second kappa shape index (κ2) is 8.45. The maximum absolute atomic E-state index is 5.39. The van der Waals surface area contributed by atoms with E-state index < -0.39 is 0 Å². The van der Waals surface area contributed by atoms with Crippen LogP contribution in [-0.2, 0) is 4.74 Å². The molecule has 0 spiro atoms. The molecule has 0 atom stereocenters. The molecule has 0 bridgehead atoms. The lowest BCUT2D eigenvalue weighted by atomic mass is 9.97. The Bertz CT molecular complexity index is 470. The van der Waals surface area contributed by atoms with Crippen LogP contribution in [0.3, 0.4) is 0 Å². The molecule has 6 heteroatoms. The highest BCUT2D eigenvalue weighted by atomic mass is 16.5. The summed E-state index contributed by atoms with van der Waals surface area (Å²) in [6.07, 6.45) is 5.68. The zero-order valence-electron chi connectivity index (χ0n) is 14.2. The Morgan fingerprint density at radius 2 is 2.00 bits per heavy atom. The number of morpholine rings is 1. The number of rotatable bonds is 6. The van der Waals surface area contributed by atoms with Gasteiger partial charge in [-0.1, -0.05) is 6.92 Å². The number of anilines is 2. The van der Waals surface area contributed by atoms with Gasteiger partial charge in [0.15, 0.2) is 0 Å². The van der Waals surface area contributed by atoms with E-state index in [0.29, 0.717) is 0 Å². The van der Waals surface area contributed by atoms with Crippen molar-refractivity contribution in [2.24, 2.45) is 5.92 Å². The average Bonchev–Trinajstić information content (AvgIpc) is 2.62. The fraction of sp³-hybridized carbons (Fsp3) is 0.765. The van der Waals surface area contributed by atoms with Gasteiger partial charge in [0.05, 0.1) is 13.2 Å². The Hall–Kier alpha value is -1.40. The van der Waals surface area contributed by atoms with Gasteiger partial charge in [0.2, 0.25) is 5.95 Å². The lowest BCUT2D eigenvalue weighted by molar-refractivity contribution is 0.122. The van der Waals surface area contributed by atoms with E-state index >= 15 is 0 Å². The highest BCUT2D eigenvalue weighted by molar-refractivity contribution is 5.41. The Balaban J connectivity index is 1.47. The van der Waals surface area contributed by atoms with Crippen LogP contribution in [0, 0.1) is 5.92 Å². The molecule has 1 aromatic heterocycles. The van der Waals surface area contributed by atoms with Gasteiger partial charge in [-0.3, -0.25) is 0 Å². The molecular weight excluding hydrogens is 290 g/mol. The van der Waals surface area contributed by atoms with E-state index in [4.69, 9.17) is 4.74 Å². The molecule has 0 amide bonds. The number of hydrogen-bond donors (Lipinski definition) is 1. The second-order valence-corrected chi connectivity index (χ2v) is 6.51. The molecule has 2 aliphatic heterocycles. The van der Waals surface area contributed by atoms with Crippen LogP contribution in [0.25, 0.3) is 0 Å². The van der Waals surface area contributed by atoms with Crippen LogP contribution in [0.5, 0.6) is 0 Å². The van der Waals surface area contributed by atoms with Crippen molar-refractivity contribution in [3.05, 3.63) is 12.3 Å². The summed E-state index contributed by atoms with van der Waals surface area (Å²) in [4.78, 5) is 13.8. The van der Waals surface area contributed by atoms with Crippen LogP contribution in [0.15, 0.2) is 12.3 Å². The molecular formula is C17H29N5O. The van der Waals surface area contributed by atoms with Crippen molar-refractivity contribution in [3.63, 3.8) is 0 Å². The van der Waals surface area contributed by atoms with Gasteiger partial charge in [-0.25, -0.2) is 4.98 Å². The Labute approximate surface area is 139 Å². The summed E-state index contributed by atoms with van der Waals surface area (Å²) in [7, 11) is 0. The van der Waals surface area contributed by atoms with Crippen LogP contribution in [-0.4, -0.2) is 67.4 Å². The fourth-order valence-corrected chi connectivity index (χ4v) is 3.34. The molecule has 6 nitrogen and oxygen atoms in total. The first-order valence-corrected chi connectivity index (χ1v) is 8.97. The summed E-state index contributed by atoms with van der Waals surface area (Å²) in [6.45, 7) is 10.3. The molecule has 2 fully saturated rings. The van der Waals surface area contributed by atoms with Crippen molar-refractivity contribution in [2.75, 3.05) is 62.7 Å². The van der Waals surface area contributed by atoms with Gasteiger partial charge < -0.3 is 19.9 Å². The van der Waals surface area contributed by atoms with Crippen LogP contribution in [0.4, 0.5) is 11.8 Å². The number of nitrogens with one attached hydrogen (secondary N) is 1. The molecule has 0 aromatic carbocycles. The van der Waals surface area contributed by atoms with Crippen molar-refractivity contribution < 1.29 is 4.74 Å². The lowest BCUT2D eigenvalue weighted by Gasteiger charge is -2.32. The molecule has 0 radical (unpaired) electrons. The largest absolute Gasteiger partial charge is 0.378 e. The van der Waals surface area contributed by atoms with E-state index in [1.807, 2.05) is 12.3 Å². The smallest absolute Gasteiger partial charge is 0.227 e. The van der Waals surface area contributed by atoms with Crippen LogP contribution in [0.2, 0.25) is 0 Å². The van der Waals surface area contributed by atoms with Crippen molar-refractivity contribution >= 4 is 11.8 Å². The predicted octanol–water partition coefficient (Wildman–Crippen LogP) is 1.85. The minimum atomic E-state index is 0.755. The zero-order valence-corrected chi connectivity index (χ0v) is 14.2. The van der Waals surface area contributed by atoms with E-state index in [0.717, 1.165) is 50.5 Å². The minimum absolute atomic E-state index is 0.755. The molecule has 1 aromatic rings. The van der Waals surface area contributed by atoms with Gasteiger partial charge in [0.1, 0.15) is 5.82 Å². The monoisotopic (exact) mass is 319 g/mol. The third kappa shape index (κ3) is 4.78. The number of aromatic nitrogens is 2. The molecule has 2 saturated heterocycles. The summed E-state index contributed by atoms with van der Waals surface area (Å²) in [5, 5.41) is 3.51. The SMILES string of the molecule is CCCN1CCC(CNc2ccnc(N3CCOCC3)n2)CC1. The van der Waals surface area contributed by atoms with Gasteiger partial charge >= 0.3 is 0 Å². The van der Waals surface area contributed by atoms with E-state index in [1.165, 1.54) is 38.9 Å². The molecule has 23 heavy (non-hydrogen) atoms. The molecule has 3 rings (SSSR count). The van der Waals surface area contributed by atoms with Crippen LogP contribution >= 0.6 is 0 Å². The Morgan fingerprint density at radius 3 is 2.74 bits per heavy atom.